The summed E-state index contributed by atoms with van der Waals surface area (Å²) in [5.74, 6) is -0.204. The van der Waals surface area contributed by atoms with Crippen molar-refractivity contribution in [1.82, 2.24) is 10.0 Å². The number of carbonyl (C=O) groups excluding carboxylic acids is 1. The number of esters is 1. The van der Waals surface area contributed by atoms with Crippen molar-refractivity contribution in [2.45, 2.75) is 17.7 Å². The molecular formula is C12H19ClN2O4S2. The lowest BCUT2D eigenvalue weighted by Gasteiger charge is -2.22. The van der Waals surface area contributed by atoms with E-state index < -0.39 is 16.0 Å². The molecule has 120 valence electrons. The SMILES string of the molecule is COC(=O)c1cc(S(=O)(=O)NCC2CCCNC2)cs1.Cl. The van der Waals surface area contributed by atoms with Crippen LogP contribution in [-0.4, -0.2) is 41.1 Å². The molecule has 1 aliphatic rings. The van der Waals surface area contributed by atoms with Gasteiger partial charge in [0.25, 0.3) is 0 Å². The van der Waals surface area contributed by atoms with E-state index >= 15 is 0 Å². The lowest BCUT2D eigenvalue weighted by atomic mass is 10.0. The fourth-order valence-electron chi connectivity index (χ4n) is 2.08. The van der Waals surface area contributed by atoms with Gasteiger partial charge in [-0.05, 0) is 37.9 Å². The van der Waals surface area contributed by atoms with Gasteiger partial charge in [0.15, 0.2) is 0 Å². The van der Waals surface area contributed by atoms with Crippen LogP contribution >= 0.6 is 23.7 Å². The maximum absolute atomic E-state index is 12.1. The third-order valence-corrected chi connectivity index (χ3v) is 5.70. The Morgan fingerprint density at radius 1 is 1.57 bits per heavy atom. The first kappa shape index (κ1) is 18.4. The second-order valence-electron chi connectivity index (χ2n) is 4.70. The molecule has 0 saturated carbocycles. The van der Waals surface area contributed by atoms with Crippen molar-refractivity contribution in [2.75, 3.05) is 26.7 Å². The average Bonchev–Trinajstić information content (AvgIpc) is 2.96. The van der Waals surface area contributed by atoms with Crippen LogP contribution in [0.25, 0.3) is 0 Å². The van der Waals surface area contributed by atoms with Crippen molar-refractivity contribution in [3.05, 3.63) is 16.3 Å². The van der Waals surface area contributed by atoms with E-state index in [-0.39, 0.29) is 22.2 Å². The van der Waals surface area contributed by atoms with Gasteiger partial charge in [-0.25, -0.2) is 17.9 Å². The number of ether oxygens (including phenoxy) is 1. The van der Waals surface area contributed by atoms with Crippen molar-refractivity contribution in [3.8, 4) is 0 Å². The summed E-state index contributed by atoms with van der Waals surface area (Å²) >= 11 is 1.06. The van der Waals surface area contributed by atoms with E-state index in [9.17, 15) is 13.2 Å². The van der Waals surface area contributed by atoms with Crippen LogP contribution in [0.1, 0.15) is 22.5 Å². The molecule has 2 heterocycles. The van der Waals surface area contributed by atoms with Gasteiger partial charge in [0.1, 0.15) is 4.88 Å². The van der Waals surface area contributed by atoms with Gasteiger partial charge in [0, 0.05) is 11.9 Å². The summed E-state index contributed by atoms with van der Waals surface area (Å²) in [6, 6.07) is 1.35. The van der Waals surface area contributed by atoms with Gasteiger partial charge in [-0.3, -0.25) is 0 Å². The Hall–Kier alpha value is -0.670. The topological polar surface area (TPSA) is 84.5 Å². The molecule has 1 atom stereocenters. The van der Waals surface area contributed by atoms with Gasteiger partial charge >= 0.3 is 5.97 Å². The quantitative estimate of drug-likeness (QED) is 0.777. The Morgan fingerprint density at radius 3 is 2.95 bits per heavy atom. The summed E-state index contributed by atoms with van der Waals surface area (Å²) in [6.45, 7) is 2.24. The number of nitrogens with one attached hydrogen (secondary N) is 2. The average molecular weight is 355 g/mol. The molecule has 2 N–H and O–H groups in total. The molecule has 0 spiro atoms. The Bertz CT molecular complexity index is 568. The highest BCUT2D eigenvalue weighted by molar-refractivity contribution is 7.89. The predicted molar refractivity (Wildman–Crippen MR) is 83.7 cm³/mol. The molecule has 0 radical (unpaired) electrons. The van der Waals surface area contributed by atoms with Crippen LogP contribution in [0, 0.1) is 5.92 Å². The van der Waals surface area contributed by atoms with E-state index in [0.717, 1.165) is 37.3 Å². The van der Waals surface area contributed by atoms with Crippen LogP contribution in [-0.2, 0) is 14.8 Å². The molecule has 0 bridgehead atoms. The van der Waals surface area contributed by atoms with Gasteiger partial charge < -0.3 is 10.1 Å². The van der Waals surface area contributed by atoms with Gasteiger partial charge in [-0.2, -0.15) is 0 Å². The van der Waals surface area contributed by atoms with Gasteiger partial charge in [-0.1, -0.05) is 0 Å². The van der Waals surface area contributed by atoms with Crippen LogP contribution in [0.3, 0.4) is 0 Å². The van der Waals surface area contributed by atoms with Crippen LogP contribution in [0.5, 0.6) is 0 Å². The minimum Gasteiger partial charge on any atom is -0.465 e. The van der Waals surface area contributed by atoms with Crippen molar-refractivity contribution in [3.63, 3.8) is 0 Å². The summed E-state index contributed by atoms with van der Waals surface area (Å²) in [4.78, 5) is 11.7. The normalized spacial score (nSPS) is 18.8. The molecule has 1 aromatic rings. The first-order chi connectivity index (χ1) is 9.53. The van der Waals surface area contributed by atoms with E-state index in [2.05, 4.69) is 14.8 Å². The number of carbonyl (C=O) groups is 1. The summed E-state index contributed by atoms with van der Waals surface area (Å²) < 4.78 is 31.4. The summed E-state index contributed by atoms with van der Waals surface area (Å²) in [5.41, 5.74) is 0. The first-order valence-electron chi connectivity index (χ1n) is 6.40. The zero-order chi connectivity index (χ0) is 14.6. The molecule has 1 fully saturated rings. The molecular weight excluding hydrogens is 336 g/mol. The highest BCUT2D eigenvalue weighted by Gasteiger charge is 2.21. The second kappa shape index (κ2) is 8.09. The van der Waals surface area contributed by atoms with E-state index in [1.165, 1.54) is 18.6 Å². The second-order valence-corrected chi connectivity index (χ2v) is 7.38. The van der Waals surface area contributed by atoms with Crippen molar-refractivity contribution in [1.29, 1.82) is 0 Å². The molecule has 2 rings (SSSR count). The van der Waals surface area contributed by atoms with Crippen LogP contribution in [0.2, 0.25) is 0 Å². The first-order valence-corrected chi connectivity index (χ1v) is 8.76. The van der Waals surface area contributed by atoms with Crippen LogP contribution < -0.4 is 10.0 Å². The van der Waals surface area contributed by atoms with Crippen molar-refractivity contribution >= 4 is 39.7 Å². The molecule has 0 amide bonds. The third kappa shape index (κ3) is 4.93. The maximum atomic E-state index is 12.1. The zero-order valence-electron chi connectivity index (χ0n) is 11.6. The smallest absolute Gasteiger partial charge is 0.348 e. The molecule has 0 aromatic carbocycles. The van der Waals surface area contributed by atoms with Gasteiger partial charge in [0.05, 0.1) is 12.0 Å². The Kier molecular flexibility index (Phi) is 7.08. The number of sulfonamides is 1. The van der Waals surface area contributed by atoms with Gasteiger partial charge in [-0.15, -0.1) is 23.7 Å². The molecule has 9 heteroatoms. The molecule has 6 nitrogen and oxygen atoms in total. The molecule has 1 aromatic heterocycles. The monoisotopic (exact) mass is 354 g/mol. The van der Waals surface area contributed by atoms with E-state index in [4.69, 9.17) is 0 Å². The number of halogens is 1. The third-order valence-electron chi connectivity index (χ3n) is 3.23. The lowest BCUT2D eigenvalue weighted by Crippen LogP contribution is -2.38. The Labute approximate surface area is 134 Å². The molecule has 21 heavy (non-hydrogen) atoms. The van der Waals surface area contributed by atoms with Crippen molar-refractivity contribution in [2.24, 2.45) is 5.92 Å². The minimum absolute atomic E-state index is 0. The zero-order valence-corrected chi connectivity index (χ0v) is 14.1. The fourth-order valence-corrected chi connectivity index (χ4v) is 4.38. The predicted octanol–water partition coefficient (Wildman–Crippen LogP) is 1.23. The van der Waals surface area contributed by atoms with Crippen LogP contribution in [0.15, 0.2) is 16.3 Å². The van der Waals surface area contributed by atoms with E-state index in [1.54, 1.807) is 0 Å². The fraction of sp³-hybridized carbons (Fsp3) is 0.583. The highest BCUT2D eigenvalue weighted by Crippen LogP contribution is 2.20. The number of hydrogen-bond acceptors (Lipinski definition) is 6. The molecule has 1 aliphatic heterocycles. The van der Waals surface area contributed by atoms with Gasteiger partial charge in [0.2, 0.25) is 10.0 Å². The highest BCUT2D eigenvalue weighted by atomic mass is 35.5. The Morgan fingerprint density at radius 2 is 2.33 bits per heavy atom. The number of piperidine rings is 1. The van der Waals surface area contributed by atoms with Crippen LogP contribution in [0.4, 0.5) is 0 Å². The van der Waals surface area contributed by atoms with E-state index in [0.29, 0.717) is 12.5 Å². The summed E-state index contributed by atoms with van der Waals surface area (Å²) in [5, 5.41) is 4.70. The minimum atomic E-state index is -3.56. The largest absolute Gasteiger partial charge is 0.465 e. The summed E-state index contributed by atoms with van der Waals surface area (Å²) in [6.07, 6.45) is 2.09. The molecule has 0 aliphatic carbocycles. The lowest BCUT2D eigenvalue weighted by molar-refractivity contribution is 0.0606. The summed E-state index contributed by atoms with van der Waals surface area (Å²) in [7, 11) is -2.29. The Balaban J connectivity index is 0.00000220. The molecule has 1 saturated heterocycles. The number of thiophene rings is 1. The maximum Gasteiger partial charge on any atom is 0.348 e. The van der Waals surface area contributed by atoms with E-state index in [1.807, 2.05) is 0 Å². The standard InChI is InChI=1S/C12H18N2O4S2.ClH/c1-18-12(15)11-5-10(8-19-11)20(16,17)14-7-9-3-2-4-13-6-9;/h5,8-9,13-14H,2-4,6-7H2,1H3;1H. The number of rotatable bonds is 5. The number of methoxy groups -OCH3 is 1. The molecule has 1 unspecified atom stereocenters. The number of hydrogen-bond donors (Lipinski definition) is 2. The van der Waals surface area contributed by atoms with Crippen molar-refractivity contribution < 1.29 is 17.9 Å².